The molecule has 12 heteroatoms. The Morgan fingerprint density at radius 1 is 1.33 bits per heavy atom. The maximum absolute atomic E-state index is 14.1. The Morgan fingerprint density at radius 3 is 2.41 bits per heavy atom. The fourth-order valence-electron chi connectivity index (χ4n) is 1.93. The van der Waals surface area contributed by atoms with Gasteiger partial charge in [0.05, 0.1) is 12.2 Å². The zero-order chi connectivity index (χ0) is 20.6. The molecule has 0 bridgehead atoms. The SMILES string of the molecule is C=C(CCc1ncnc(NCC(=O)N2CCC2)c1F)C(F)F.OC(F)(F)F. The smallest absolute Gasteiger partial charge is 0.358 e. The number of rotatable bonds is 7. The molecule has 0 aliphatic carbocycles. The number of nitrogens with zero attached hydrogens (tertiary/aromatic N) is 3. The molecule has 1 aliphatic rings. The predicted molar refractivity (Wildman–Crippen MR) is 83.4 cm³/mol. The van der Waals surface area contributed by atoms with Gasteiger partial charge in [-0.15, -0.1) is 13.2 Å². The summed E-state index contributed by atoms with van der Waals surface area (Å²) in [6.45, 7) is 4.61. The lowest BCUT2D eigenvalue weighted by Gasteiger charge is -2.30. The number of aliphatic hydroxyl groups is 1. The Bertz CT molecular complexity index is 644. The molecule has 0 radical (unpaired) electrons. The van der Waals surface area contributed by atoms with E-state index >= 15 is 0 Å². The van der Waals surface area contributed by atoms with Gasteiger partial charge in [-0.2, -0.15) is 0 Å². The molecule has 1 saturated heterocycles. The van der Waals surface area contributed by atoms with Crippen LogP contribution < -0.4 is 5.32 Å². The number of halogens is 6. The second-order valence-corrected chi connectivity index (χ2v) is 5.50. The van der Waals surface area contributed by atoms with E-state index in [-0.39, 0.29) is 42.4 Å². The zero-order valence-electron chi connectivity index (χ0n) is 14.1. The Morgan fingerprint density at radius 2 is 1.93 bits per heavy atom. The molecule has 152 valence electrons. The first-order chi connectivity index (χ1) is 12.5. The number of aryl methyl sites for hydroxylation is 1. The highest BCUT2D eigenvalue weighted by molar-refractivity contribution is 5.81. The molecular weight excluding hydrogens is 382 g/mol. The Labute approximate surface area is 150 Å². The van der Waals surface area contributed by atoms with Gasteiger partial charge in [0.2, 0.25) is 5.91 Å². The van der Waals surface area contributed by atoms with Crippen molar-refractivity contribution in [1.29, 1.82) is 0 Å². The van der Waals surface area contributed by atoms with Crippen LogP contribution in [0.5, 0.6) is 0 Å². The molecule has 0 spiro atoms. The van der Waals surface area contributed by atoms with Crippen LogP contribution in [0.1, 0.15) is 18.5 Å². The molecule has 1 aliphatic heterocycles. The lowest BCUT2D eigenvalue weighted by molar-refractivity contribution is -0.295. The molecule has 1 fully saturated rings. The number of hydrogen-bond donors (Lipinski definition) is 2. The molecule has 2 heterocycles. The van der Waals surface area contributed by atoms with Crippen molar-refractivity contribution < 1.29 is 36.2 Å². The highest BCUT2D eigenvalue weighted by Gasteiger charge is 2.21. The van der Waals surface area contributed by atoms with Crippen molar-refractivity contribution in [2.24, 2.45) is 0 Å². The van der Waals surface area contributed by atoms with Crippen LogP contribution in [0.15, 0.2) is 18.5 Å². The predicted octanol–water partition coefficient (Wildman–Crippen LogP) is 2.51. The summed E-state index contributed by atoms with van der Waals surface area (Å²) in [5.74, 6) is -0.945. The zero-order valence-corrected chi connectivity index (χ0v) is 14.1. The van der Waals surface area contributed by atoms with Crippen LogP contribution in [-0.4, -0.2) is 58.3 Å². The van der Waals surface area contributed by atoms with Crippen molar-refractivity contribution in [3.63, 3.8) is 0 Å². The van der Waals surface area contributed by atoms with Crippen molar-refractivity contribution in [1.82, 2.24) is 14.9 Å². The summed E-state index contributed by atoms with van der Waals surface area (Å²) in [4.78, 5) is 20.8. The molecule has 0 aromatic carbocycles. The molecule has 0 unspecified atom stereocenters. The summed E-state index contributed by atoms with van der Waals surface area (Å²) >= 11 is 0. The molecule has 0 atom stereocenters. The number of likely N-dealkylation sites (tertiary alicyclic amines) is 1. The van der Waals surface area contributed by atoms with Gasteiger partial charge in [0, 0.05) is 13.1 Å². The van der Waals surface area contributed by atoms with Crippen LogP contribution in [-0.2, 0) is 11.2 Å². The minimum Gasteiger partial charge on any atom is -0.358 e. The third-order valence-corrected chi connectivity index (χ3v) is 3.47. The van der Waals surface area contributed by atoms with Crippen molar-refractivity contribution in [2.75, 3.05) is 25.0 Å². The molecule has 1 amide bonds. The van der Waals surface area contributed by atoms with E-state index in [4.69, 9.17) is 5.11 Å². The first-order valence-electron chi connectivity index (χ1n) is 7.75. The normalized spacial score (nSPS) is 13.6. The van der Waals surface area contributed by atoms with Gasteiger partial charge in [-0.3, -0.25) is 4.79 Å². The molecule has 2 N–H and O–H groups in total. The first-order valence-corrected chi connectivity index (χ1v) is 7.75. The van der Waals surface area contributed by atoms with Gasteiger partial charge < -0.3 is 15.3 Å². The first kappa shape index (κ1) is 22.7. The summed E-state index contributed by atoms with van der Waals surface area (Å²) in [5, 5.41) is 9.15. The molecular formula is C15H18F6N4O2. The molecule has 0 saturated carbocycles. The van der Waals surface area contributed by atoms with E-state index in [0.717, 1.165) is 12.7 Å². The Balaban J connectivity index is 0.000000646. The number of amides is 1. The van der Waals surface area contributed by atoms with Crippen LogP contribution in [0, 0.1) is 5.82 Å². The number of alkyl halides is 5. The van der Waals surface area contributed by atoms with E-state index in [1.54, 1.807) is 4.90 Å². The minimum absolute atomic E-state index is 0.00623. The van der Waals surface area contributed by atoms with E-state index in [0.29, 0.717) is 13.1 Å². The van der Waals surface area contributed by atoms with Gasteiger partial charge in [-0.1, -0.05) is 6.58 Å². The van der Waals surface area contributed by atoms with Gasteiger partial charge in [0.1, 0.15) is 6.33 Å². The number of nitrogens with one attached hydrogen (secondary N) is 1. The number of allylic oxidation sites excluding steroid dienone is 1. The monoisotopic (exact) mass is 400 g/mol. The number of aromatic nitrogens is 2. The van der Waals surface area contributed by atoms with Gasteiger partial charge in [-0.05, 0) is 24.8 Å². The average Bonchev–Trinajstić information content (AvgIpc) is 2.49. The third-order valence-electron chi connectivity index (χ3n) is 3.47. The molecule has 1 aromatic rings. The summed E-state index contributed by atoms with van der Waals surface area (Å²) in [7, 11) is 0. The minimum atomic E-state index is -5.00. The summed E-state index contributed by atoms with van der Waals surface area (Å²) in [6, 6.07) is 0. The Kier molecular flexibility index (Phi) is 8.47. The van der Waals surface area contributed by atoms with Crippen LogP contribution >= 0.6 is 0 Å². The summed E-state index contributed by atoms with van der Waals surface area (Å²) in [5.41, 5.74) is -0.240. The van der Waals surface area contributed by atoms with Crippen LogP contribution in [0.2, 0.25) is 0 Å². The van der Waals surface area contributed by atoms with Crippen LogP contribution in [0.3, 0.4) is 0 Å². The van der Waals surface area contributed by atoms with Crippen molar-refractivity contribution in [3.8, 4) is 0 Å². The van der Waals surface area contributed by atoms with E-state index in [1.807, 2.05) is 0 Å². The lowest BCUT2D eigenvalue weighted by Crippen LogP contribution is -2.44. The van der Waals surface area contributed by atoms with Crippen molar-refractivity contribution in [2.45, 2.75) is 32.1 Å². The lowest BCUT2D eigenvalue weighted by atomic mass is 10.1. The fraction of sp³-hybridized carbons (Fsp3) is 0.533. The summed E-state index contributed by atoms with van der Waals surface area (Å²) in [6.07, 6.45) is -5.56. The van der Waals surface area contributed by atoms with Crippen LogP contribution in [0.25, 0.3) is 0 Å². The molecule has 6 nitrogen and oxygen atoms in total. The van der Waals surface area contributed by atoms with Crippen LogP contribution in [0.4, 0.5) is 32.2 Å². The second kappa shape index (κ2) is 10.1. The second-order valence-electron chi connectivity index (χ2n) is 5.50. The largest absolute Gasteiger partial charge is 0.519 e. The molecule has 1 aromatic heterocycles. The van der Waals surface area contributed by atoms with Gasteiger partial charge in [0.25, 0.3) is 6.43 Å². The molecule has 2 rings (SSSR count). The van der Waals surface area contributed by atoms with Gasteiger partial charge in [-0.25, -0.2) is 23.1 Å². The number of carbonyl (C=O) groups excluding carboxylic acids is 1. The maximum atomic E-state index is 14.1. The van der Waals surface area contributed by atoms with Crippen molar-refractivity contribution >= 4 is 11.7 Å². The molecule has 27 heavy (non-hydrogen) atoms. The number of carbonyl (C=O) groups is 1. The number of anilines is 1. The highest BCUT2D eigenvalue weighted by atomic mass is 19.4. The topological polar surface area (TPSA) is 78.4 Å². The quantitative estimate of drug-likeness (QED) is 0.543. The van der Waals surface area contributed by atoms with Gasteiger partial charge >= 0.3 is 6.36 Å². The number of hydrogen-bond acceptors (Lipinski definition) is 5. The standard InChI is InChI=1S/C14H17F3N4O.CHF3O/c1-9(13(16)17)3-4-10-12(15)14(20-8-19-10)18-7-11(22)21-5-2-6-21;2-1(3,4)5/h8,13H,1-7H2,(H,18,19,20);5H. The van der Waals surface area contributed by atoms with E-state index in [2.05, 4.69) is 21.9 Å². The maximum Gasteiger partial charge on any atom is 0.519 e. The van der Waals surface area contributed by atoms with E-state index in [9.17, 15) is 31.1 Å². The average molecular weight is 400 g/mol. The highest BCUT2D eigenvalue weighted by Crippen LogP contribution is 2.18. The van der Waals surface area contributed by atoms with Crippen molar-refractivity contribution in [3.05, 3.63) is 30.0 Å². The fourth-order valence-corrected chi connectivity index (χ4v) is 1.93. The van der Waals surface area contributed by atoms with Gasteiger partial charge in [0.15, 0.2) is 11.6 Å². The summed E-state index contributed by atoms with van der Waals surface area (Å²) < 4.78 is 68.6. The Hall–Kier alpha value is -2.37. The van der Waals surface area contributed by atoms with E-state index in [1.165, 1.54) is 0 Å². The van der Waals surface area contributed by atoms with E-state index < -0.39 is 18.6 Å². The third kappa shape index (κ3) is 8.71.